The van der Waals surface area contributed by atoms with Gasteiger partial charge in [0.1, 0.15) is 0 Å². The highest BCUT2D eigenvalue weighted by atomic mass is 16.4. The van der Waals surface area contributed by atoms with Crippen molar-refractivity contribution in [1.82, 2.24) is 4.98 Å². The Morgan fingerprint density at radius 3 is 2.88 bits per heavy atom. The van der Waals surface area contributed by atoms with Gasteiger partial charge < -0.3 is 5.11 Å². The standard InChI is InChI=1S/C13H13NO2/c1-2-4-9-5-3-6-10-7-8-14-12(11(9)10)13(15)16/h3,5-8H,2,4H2,1H3,(H,15,16). The minimum atomic E-state index is -0.964. The minimum Gasteiger partial charge on any atom is -0.476 e. The molecule has 2 rings (SSSR count). The van der Waals surface area contributed by atoms with E-state index in [1.165, 1.54) is 0 Å². The molecule has 0 unspecified atom stereocenters. The van der Waals surface area contributed by atoms with Gasteiger partial charge in [0.15, 0.2) is 5.69 Å². The van der Waals surface area contributed by atoms with Crippen LogP contribution in [0.2, 0.25) is 0 Å². The van der Waals surface area contributed by atoms with Crippen molar-refractivity contribution in [3.05, 3.63) is 41.7 Å². The molecule has 0 aliphatic heterocycles. The Hall–Kier alpha value is -1.90. The lowest BCUT2D eigenvalue weighted by Crippen LogP contribution is -2.03. The molecule has 0 fully saturated rings. The molecule has 0 aliphatic carbocycles. The molecular weight excluding hydrogens is 202 g/mol. The molecule has 82 valence electrons. The Labute approximate surface area is 93.7 Å². The number of hydrogen-bond donors (Lipinski definition) is 1. The molecule has 1 aromatic heterocycles. The van der Waals surface area contributed by atoms with E-state index in [0.29, 0.717) is 0 Å². The van der Waals surface area contributed by atoms with Crippen LogP contribution in [0.1, 0.15) is 29.4 Å². The number of aromatic carboxylic acids is 1. The molecule has 0 bridgehead atoms. The van der Waals surface area contributed by atoms with E-state index in [4.69, 9.17) is 5.11 Å². The van der Waals surface area contributed by atoms with Gasteiger partial charge in [-0.1, -0.05) is 31.5 Å². The number of benzene rings is 1. The second-order valence-electron chi connectivity index (χ2n) is 3.73. The van der Waals surface area contributed by atoms with E-state index < -0.39 is 5.97 Å². The largest absolute Gasteiger partial charge is 0.476 e. The van der Waals surface area contributed by atoms with Crippen LogP contribution in [0.25, 0.3) is 10.8 Å². The Morgan fingerprint density at radius 2 is 2.19 bits per heavy atom. The zero-order valence-corrected chi connectivity index (χ0v) is 9.10. The molecule has 0 aliphatic rings. The minimum absolute atomic E-state index is 0.154. The maximum Gasteiger partial charge on any atom is 0.355 e. The van der Waals surface area contributed by atoms with E-state index in [0.717, 1.165) is 29.2 Å². The summed E-state index contributed by atoms with van der Waals surface area (Å²) in [4.78, 5) is 15.1. The molecule has 16 heavy (non-hydrogen) atoms. The van der Waals surface area contributed by atoms with Crippen molar-refractivity contribution in [3.8, 4) is 0 Å². The topological polar surface area (TPSA) is 50.2 Å². The van der Waals surface area contributed by atoms with Crippen LogP contribution in [0, 0.1) is 0 Å². The van der Waals surface area contributed by atoms with Gasteiger partial charge in [0, 0.05) is 11.6 Å². The number of nitrogens with zero attached hydrogens (tertiary/aromatic N) is 1. The summed E-state index contributed by atoms with van der Waals surface area (Å²) in [6.07, 6.45) is 3.41. The van der Waals surface area contributed by atoms with Gasteiger partial charge >= 0.3 is 5.97 Å². The third-order valence-corrected chi connectivity index (χ3v) is 2.60. The predicted octanol–water partition coefficient (Wildman–Crippen LogP) is 2.89. The van der Waals surface area contributed by atoms with Crippen LogP contribution in [0.5, 0.6) is 0 Å². The van der Waals surface area contributed by atoms with Crippen molar-refractivity contribution in [3.63, 3.8) is 0 Å². The molecule has 0 atom stereocenters. The third kappa shape index (κ3) is 1.76. The molecule has 1 heterocycles. The van der Waals surface area contributed by atoms with E-state index in [-0.39, 0.29) is 5.69 Å². The number of aryl methyl sites for hydroxylation is 1. The first-order chi connectivity index (χ1) is 7.74. The van der Waals surface area contributed by atoms with E-state index in [1.54, 1.807) is 6.20 Å². The van der Waals surface area contributed by atoms with Gasteiger partial charge in [-0.25, -0.2) is 9.78 Å². The molecule has 3 heteroatoms. The highest BCUT2D eigenvalue weighted by Crippen LogP contribution is 2.22. The third-order valence-electron chi connectivity index (χ3n) is 2.60. The van der Waals surface area contributed by atoms with E-state index in [9.17, 15) is 4.79 Å². The van der Waals surface area contributed by atoms with Gasteiger partial charge in [-0.3, -0.25) is 0 Å². The van der Waals surface area contributed by atoms with Gasteiger partial charge in [0.05, 0.1) is 0 Å². The van der Waals surface area contributed by atoms with E-state index in [2.05, 4.69) is 11.9 Å². The number of fused-ring (bicyclic) bond motifs is 1. The Morgan fingerprint density at radius 1 is 1.38 bits per heavy atom. The normalized spacial score (nSPS) is 10.6. The zero-order chi connectivity index (χ0) is 11.5. The molecule has 0 saturated carbocycles. The lowest BCUT2D eigenvalue weighted by molar-refractivity contribution is 0.0693. The monoisotopic (exact) mass is 215 g/mol. The van der Waals surface area contributed by atoms with Crippen LogP contribution in [-0.4, -0.2) is 16.1 Å². The fourth-order valence-electron chi connectivity index (χ4n) is 1.94. The number of aromatic nitrogens is 1. The quantitative estimate of drug-likeness (QED) is 0.856. The first-order valence-corrected chi connectivity index (χ1v) is 5.34. The number of carboxylic acid groups (broad SMARTS) is 1. The molecular formula is C13H13NO2. The molecule has 0 spiro atoms. The molecule has 0 radical (unpaired) electrons. The Bertz CT molecular complexity index is 529. The van der Waals surface area contributed by atoms with Crippen molar-refractivity contribution in [1.29, 1.82) is 0 Å². The predicted molar refractivity (Wildman–Crippen MR) is 62.7 cm³/mol. The summed E-state index contributed by atoms with van der Waals surface area (Å²) < 4.78 is 0. The van der Waals surface area contributed by atoms with Crippen LogP contribution in [0.15, 0.2) is 30.5 Å². The van der Waals surface area contributed by atoms with Crippen molar-refractivity contribution in [2.45, 2.75) is 19.8 Å². The number of rotatable bonds is 3. The number of carboxylic acids is 1. The summed E-state index contributed by atoms with van der Waals surface area (Å²) in [6.45, 7) is 2.08. The highest BCUT2D eigenvalue weighted by Gasteiger charge is 2.12. The van der Waals surface area contributed by atoms with Crippen LogP contribution >= 0.6 is 0 Å². The zero-order valence-electron chi connectivity index (χ0n) is 9.10. The van der Waals surface area contributed by atoms with Crippen molar-refractivity contribution < 1.29 is 9.90 Å². The van der Waals surface area contributed by atoms with Crippen LogP contribution in [0.3, 0.4) is 0 Å². The molecule has 0 saturated heterocycles. The summed E-state index contributed by atoms with van der Waals surface area (Å²) >= 11 is 0. The highest BCUT2D eigenvalue weighted by molar-refractivity contribution is 6.03. The van der Waals surface area contributed by atoms with E-state index in [1.807, 2.05) is 24.3 Å². The molecule has 2 aromatic rings. The second-order valence-corrected chi connectivity index (χ2v) is 3.73. The van der Waals surface area contributed by atoms with Crippen LogP contribution in [-0.2, 0) is 6.42 Å². The molecule has 3 nitrogen and oxygen atoms in total. The lowest BCUT2D eigenvalue weighted by atomic mass is 10.0. The van der Waals surface area contributed by atoms with Crippen molar-refractivity contribution in [2.75, 3.05) is 0 Å². The summed E-state index contributed by atoms with van der Waals surface area (Å²) in [7, 11) is 0. The fourth-order valence-corrected chi connectivity index (χ4v) is 1.94. The van der Waals surface area contributed by atoms with E-state index >= 15 is 0 Å². The summed E-state index contributed by atoms with van der Waals surface area (Å²) in [5.74, 6) is -0.964. The van der Waals surface area contributed by atoms with Crippen molar-refractivity contribution >= 4 is 16.7 Å². The molecule has 1 N–H and O–H groups in total. The lowest BCUT2D eigenvalue weighted by Gasteiger charge is -2.07. The van der Waals surface area contributed by atoms with Crippen molar-refractivity contribution in [2.24, 2.45) is 0 Å². The summed E-state index contributed by atoms with van der Waals surface area (Å²) in [5.41, 5.74) is 1.21. The van der Waals surface area contributed by atoms with Crippen LogP contribution < -0.4 is 0 Å². The van der Waals surface area contributed by atoms with Gasteiger partial charge in [-0.05, 0) is 23.4 Å². The van der Waals surface area contributed by atoms with Gasteiger partial charge in [0.25, 0.3) is 0 Å². The average molecular weight is 215 g/mol. The van der Waals surface area contributed by atoms with Gasteiger partial charge in [-0.2, -0.15) is 0 Å². The van der Waals surface area contributed by atoms with Crippen LogP contribution in [0.4, 0.5) is 0 Å². The first kappa shape index (κ1) is 10.6. The fraction of sp³-hybridized carbons (Fsp3) is 0.231. The number of hydrogen-bond acceptors (Lipinski definition) is 2. The first-order valence-electron chi connectivity index (χ1n) is 5.34. The summed E-state index contributed by atoms with van der Waals surface area (Å²) in [5, 5.41) is 10.8. The van der Waals surface area contributed by atoms with Gasteiger partial charge in [-0.15, -0.1) is 0 Å². The summed E-state index contributed by atoms with van der Waals surface area (Å²) in [6, 6.07) is 7.70. The second kappa shape index (κ2) is 4.31. The van der Waals surface area contributed by atoms with Gasteiger partial charge in [0.2, 0.25) is 0 Å². The number of pyridine rings is 1. The average Bonchev–Trinajstić information content (AvgIpc) is 2.29. The maximum atomic E-state index is 11.1. The maximum absolute atomic E-state index is 11.1. The SMILES string of the molecule is CCCc1cccc2ccnc(C(=O)O)c12. The molecule has 1 aromatic carbocycles. The Balaban J connectivity index is 2.76. The smallest absolute Gasteiger partial charge is 0.355 e. The Kier molecular flexibility index (Phi) is 2.86. The molecule has 0 amide bonds. The number of carbonyl (C=O) groups is 1.